The molecule has 108 valence electrons. The molecule has 0 fully saturated rings. The minimum Gasteiger partial charge on any atom is -0.406 e. The van der Waals surface area contributed by atoms with Gasteiger partial charge in [-0.1, -0.05) is 6.07 Å². The molecule has 8 heteroatoms. The first kappa shape index (κ1) is 17.5. The lowest BCUT2D eigenvalue weighted by atomic mass is 10.2. The number of rotatable bonds is 4. The van der Waals surface area contributed by atoms with E-state index in [2.05, 4.69) is 10.1 Å². The average molecular weight is 299 g/mol. The monoisotopic (exact) mass is 298 g/mol. The zero-order chi connectivity index (χ0) is 13.8. The number of benzene rings is 1. The van der Waals surface area contributed by atoms with Crippen molar-refractivity contribution in [3.8, 4) is 5.75 Å². The lowest BCUT2D eigenvalue weighted by Crippen LogP contribution is -2.24. The maximum absolute atomic E-state index is 12.0. The van der Waals surface area contributed by atoms with Crippen molar-refractivity contribution in [1.82, 2.24) is 0 Å². The van der Waals surface area contributed by atoms with Gasteiger partial charge in [0.05, 0.1) is 0 Å². The second-order valence-electron chi connectivity index (χ2n) is 3.81. The molecule has 19 heavy (non-hydrogen) atoms. The van der Waals surface area contributed by atoms with Gasteiger partial charge in [0.1, 0.15) is 5.75 Å². The molecule has 0 spiro atoms. The Hall–Kier alpha value is -1.47. The topological polar surface area (TPSA) is 64.4 Å². The molecule has 1 unspecified atom stereocenters. The molecule has 0 saturated heterocycles. The van der Waals surface area contributed by atoms with Crippen molar-refractivity contribution in [3.05, 3.63) is 24.3 Å². The fourth-order valence-electron chi connectivity index (χ4n) is 1.28. The number of halogens is 4. The Morgan fingerprint density at radius 3 is 2.63 bits per heavy atom. The minimum absolute atomic E-state index is 0. The van der Waals surface area contributed by atoms with Crippen molar-refractivity contribution < 1.29 is 22.7 Å². The summed E-state index contributed by atoms with van der Waals surface area (Å²) < 4.78 is 39.7. The van der Waals surface area contributed by atoms with E-state index in [0.29, 0.717) is 0 Å². The molecule has 0 heterocycles. The van der Waals surface area contributed by atoms with Crippen LogP contribution in [0.4, 0.5) is 18.9 Å². The Kier molecular flexibility index (Phi) is 6.64. The molecule has 0 aliphatic heterocycles. The van der Waals surface area contributed by atoms with Gasteiger partial charge in [0.25, 0.3) is 0 Å². The van der Waals surface area contributed by atoms with Gasteiger partial charge >= 0.3 is 6.36 Å². The molecular formula is C11H14ClF3N2O2. The van der Waals surface area contributed by atoms with Crippen LogP contribution in [0.25, 0.3) is 0 Å². The number of hydrogen-bond donors (Lipinski definition) is 2. The Bertz CT molecular complexity index is 425. The van der Waals surface area contributed by atoms with Gasteiger partial charge in [-0.3, -0.25) is 4.79 Å². The average Bonchev–Trinajstić information content (AvgIpc) is 2.13. The summed E-state index contributed by atoms with van der Waals surface area (Å²) in [6, 6.07) is 4.73. The molecule has 0 aromatic heterocycles. The first-order chi connectivity index (χ1) is 8.26. The summed E-state index contributed by atoms with van der Waals surface area (Å²) in [5.74, 6) is -0.754. The third kappa shape index (κ3) is 7.53. The molecule has 1 aromatic carbocycles. The molecule has 0 aliphatic rings. The highest BCUT2D eigenvalue weighted by Gasteiger charge is 2.31. The first-order valence-corrected chi connectivity index (χ1v) is 5.17. The Morgan fingerprint density at radius 2 is 2.11 bits per heavy atom. The quantitative estimate of drug-likeness (QED) is 0.898. The number of amides is 1. The smallest absolute Gasteiger partial charge is 0.406 e. The van der Waals surface area contributed by atoms with Gasteiger partial charge in [-0.15, -0.1) is 25.6 Å². The molecule has 1 rings (SSSR count). The molecule has 0 radical (unpaired) electrons. The fourth-order valence-corrected chi connectivity index (χ4v) is 1.28. The fraction of sp³-hybridized carbons (Fsp3) is 0.364. The number of nitrogens with one attached hydrogen (secondary N) is 1. The summed E-state index contributed by atoms with van der Waals surface area (Å²) in [5.41, 5.74) is 5.65. The number of anilines is 1. The summed E-state index contributed by atoms with van der Waals surface area (Å²) >= 11 is 0. The van der Waals surface area contributed by atoms with Crippen LogP contribution in [0.15, 0.2) is 24.3 Å². The van der Waals surface area contributed by atoms with E-state index in [4.69, 9.17) is 5.73 Å². The summed E-state index contributed by atoms with van der Waals surface area (Å²) in [4.78, 5) is 11.4. The van der Waals surface area contributed by atoms with Crippen molar-refractivity contribution in [2.24, 2.45) is 5.73 Å². The standard InChI is InChI=1S/C11H13F3N2O2.ClH/c1-7(15)5-10(17)16-8-3-2-4-9(6-8)18-11(12,13)14;/h2-4,6-7H,5,15H2,1H3,(H,16,17);1H. The van der Waals surface area contributed by atoms with Crippen LogP contribution in [-0.4, -0.2) is 18.3 Å². The number of carbonyl (C=O) groups excluding carboxylic acids is 1. The second-order valence-corrected chi connectivity index (χ2v) is 3.81. The van der Waals surface area contributed by atoms with Crippen LogP contribution in [0.3, 0.4) is 0 Å². The molecule has 1 amide bonds. The molecule has 0 aliphatic carbocycles. The summed E-state index contributed by atoms with van der Waals surface area (Å²) in [7, 11) is 0. The highest BCUT2D eigenvalue weighted by molar-refractivity contribution is 5.91. The predicted octanol–water partition coefficient (Wildman–Crippen LogP) is 2.68. The molecule has 4 nitrogen and oxygen atoms in total. The Balaban J connectivity index is 0.00000324. The maximum Gasteiger partial charge on any atom is 0.573 e. The van der Waals surface area contributed by atoms with E-state index < -0.39 is 6.36 Å². The van der Waals surface area contributed by atoms with Crippen molar-refractivity contribution in [1.29, 1.82) is 0 Å². The second kappa shape index (κ2) is 7.20. The van der Waals surface area contributed by atoms with E-state index in [1.54, 1.807) is 6.92 Å². The van der Waals surface area contributed by atoms with E-state index in [1.807, 2.05) is 0 Å². The number of hydrogen-bond acceptors (Lipinski definition) is 3. The molecule has 1 aromatic rings. The van der Waals surface area contributed by atoms with Crippen LogP contribution >= 0.6 is 12.4 Å². The predicted molar refractivity (Wildman–Crippen MR) is 67.3 cm³/mol. The maximum atomic E-state index is 12.0. The number of carbonyl (C=O) groups is 1. The van der Waals surface area contributed by atoms with Crippen molar-refractivity contribution in [2.75, 3.05) is 5.32 Å². The van der Waals surface area contributed by atoms with Gasteiger partial charge in [-0.05, 0) is 19.1 Å². The molecule has 3 N–H and O–H groups in total. The minimum atomic E-state index is -4.76. The number of alkyl halides is 3. The van der Waals surface area contributed by atoms with Crippen LogP contribution in [0.2, 0.25) is 0 Å². The highest BCUT2D eigenvalue weighted by atomic mass is 35.5. The van der Waals surface area contributed by atoms with Crippen LogP contribution in [0.5, 0.6) is 5.75 Å². The van der Waals surface area contributed by atoms with E-state index in [0.717, 1.165) is 12.1 Å². The van der Waals surface area contributed by atoms with Crippen LogP contribution < -0.4 is 15.8 Å². The van der Waals surface area contributed by atoms with Gasteiger partial charge < -0.3 is 15.8 Å². The Labute approximate surface area is 114 Å². The van der Waals surface area contributed by atoms with Crippen molar-refractivity contribution in [2.45, 2.75) is 25.7 Å². The van der Waals surface area contributed by atoms with Crippen molar-refractivity contribution in [3.63, 3.8) is 0 Å². The number of ether oxygens (including phenoxy) is 1. The summed E-state index contributed by atoms with van der Waals surface area (Å²) in [5, 5.41) is 2.43. The third-order valence-corrected chi connectivity index (χ3v) is 1.86. The molecular weight excluding hydrogens is 285 g/mol. The van der Waals surface area contributed by atoms with Gasteiger partial charge in [0.2, 0.25) is 5.91 Å². The first-order valence-electron chi connectivity index (χ1n) is 5.17. The van der Waals surface area contributed by atoms with E-state index >= 15 is 0 Å². The van der Waals surface area contributed by atoms with Gasteiger partial charge in [-0.2, -0.15) is 0 Å². The third-order valence-electron chi connectivity index (χ3n) is 1.86. The van der Waals surface area contributed by atoms with Crippen LogP contribution in [-0.2, 0) is 4.79 Å². The zero-order valence-electron chi connectivity index (χ0n) is 10.0. The molecule has 0 bridgehead atoms. The van der Waals surface area contributed by atoms with E-state index in [-0.39, 0.29) is 42.2 Å². The van der Waals surface area contributed by atoms with E-state index in [1.165, 1.54) is 12.1 Å². The molecule has 1 atom stereocenters. The van der Waals surface area contributed by atoms with Gasteiger partial charge in [0, 0.05) is 24.2 Å². The normalized spacial score (nSPS) is 12.3. The summed E-state index contributed by atoms with van der Waals surface area (Å²) in [6.07, 6.45) is -4.67. The lowest BCUT2D eigenvalue weighted by Gasteiger charge is -2.11. The SMILES string of the molecule is CC(N)CC(=O)Nc1cccc(OC(F)(F)F)c1.Cl. The Morgan fingerprint density at radius 1 is 1.47 bits per heavy atom. The van der Waals surface area contributed by atoms with E-state index in [9.17, 15) is 18.0 Å². The van der Waals surface area contributed by atoms with Crippen molar-refractivity contribution >= 4 is 24.0 Å². The van der Waals surface area contributed by atoms with Crippen LogP contribution in [0.1, 0.15) is 13.3 Å². The largest absolute Gasteiger partial charge is 0.573 e. The number of nitrogens with two attached hydrogens (primary N) is 1. The molecule has 0 saturated carbocycles. The highest BCUT2D eigenvalue weighted by Crippen LogP contribution is 2.25. The van der Waals surface area contributed by atoms with Gasteiger partial charge in [0.15, 0.2) is 0 Å². The zero-order valence-corrected chi connectivity index (χ0v) is 10.8. The summed E-state index contributed by atoms with van der Waals surface area (Å²) in [6.45, 7) is 1.66. The lowest BCUT2D eigenvalue weighted by molar-refractivity contribution is -0.274. The van der Waals surface area contributed by atoms with Crippen LogP contribution in [0, 0.1) is 0 Å². The van der Waals surface area contributed by atoms with Gasteiger partial charge in [-0.25, -0.2) is 0 Å².